The van der Waals surface area contributed by atoms with Gasteiger partial charge in [-0.3, -0.25) is 9.88 Å². The number of hydrogen-bond donors (Lipinski definition) is 2. The average molecular weight is 491 g/mol. The molecule has 0 spiro atoms. The van der Waals surface area contributed by atoms with Gasteiger partial charge in [0.25, 0.3) is 0 Å². The number of anilines is 1. The van der Waals surface area contributed by atoms with Gasteiger partial charge in [0.2, 0.25) is 0 Å². The van der Waals surface area contributed by atoms with Crippen molar-refractivity contribution in [1.82, 2.24) is 15.2 Å². The lowest BCUT2D eigenvalue weighted by molar-refractivity contribution is 0.251. The van der Waals surface area contributed by atoms with Crippen molar-refractivity contribution < 1.29 is 4.79 Å². The molecule has 1 heterocycles. The molecule has 0 unspecified atom stereocenters. The molecular weight excluding hydrogens is 456 g/mol. The lowest BCUT2D eigenvalue weighted by atomic mass is 9.99. The van der Waals surface area contributed by atoms with Crippen LogP contribution in [-0.2, 0) is 19.6 Å². The van der Waals surface area contributed by atoms with Gasteiger partial charge in [0.1, 0.15) is 0 Å². The predicted molar refractivity (Wildman–Crippen MR) is 152 cm³/mol. The number of rotatable bonds is 10. The number of nitrogens with zero attached hydrogens (tertiary/aromatic N) is 2. The minimum Gasteiger partial charge on any atom is -0.334 e. The van der Waals surface area contributed by atoms with Crippen molar-refractivity contribution in [2.24, 2.45) is 0 Å². The van der Waals surface area contributed by atoms with E-state index >= 15 is 0 Å². The molecule has 188 valence electrons. The Kier molecular flexibility index (Phi) is 9.22. The molecule has 0 aliphatic heterocycles. The highest BCUT2D eigenvalue weighted by atomic mass is 16.2. The van der Waals surface area contributed by atoms with E-state index < -0.39 is 0 Å². The van der Waals surface area contributed by atoms with Crippen molar-refractivity contribution >= 4 is 11.7 Å². The van der Waals surface area contributed by atoms with Crippen LogP contribution in [0.1, 0.15) is 30.5 Å². The molecule has 4 aromatic rings. The third kappa shape index (κ3) is 8.16. The minimum atomic E-state index is -0.237. The number of nitrogens with one attached hydrogen (secondary N) is 2. The van der Waals surface area contributed by atoms with Gasteiger partial charge in [0.05, 0.1) is 0 Å². The number of allylic oxidation sites excluding steroid dienone is 1. The normalized spacial score (nSPS) is 10.7. The van der Waals surface area contributed by atoms with Gasteiger partial charge in [-0.25, -0.2) is 4.79 Å². The third-order valence-electron chi connectivity index (χ3n) is 6.05. The fourth-order valence-corrected chi connectivity index (χ4v) is 4.11. The van der Waals surface area contributed by atoms with E-state index in [1.165, 1.54) is 27.8 Å². The zero-order chi connectivity index (χ0) is 25.9. The number of carbonyl (C=O) groups excluding carboxylic acids is 1. The van der Waals surface area contributed by atoms with Crippen LogP contribution in [0.25, 0.3) is 11.1 Å². The summed E-state index contributed by atoms with van der Waals surface area (Å²) in [5, 5.41) is 5.77. The Balaban J connectivity index is 1.41. The second-order valence-corrected chi connectivity index (χ2v) is 9.34. The van der Waals surface area contributed by atoms with E-state index in [2.05, 4.69) is 107 Å². The average Bonchev–Trinajstić information content (AvgIpc) is 2.93. The van der Waals surface area contributed by atoms with Gasteiger partial charge in [0.15, 0.2) is 0 Å². The Hall–Kier alpha value is -4.22. The molecule has 1 aromatic heterocycles. The second-order valence-electron chi connectivity index (χ2n) is 9.34. The summed E-state index contributed by atoms with van der Waals surface area (Å²) in [5.41, 5.74) is 8.02. The molecule has 2 amide bonds. The van der Waals surface area contributed by atoms with Crippen molar-refractivity contribution in [3.63, 3.8) is 0 Å². The fourth-order valence-electron chi connectivity index (χ4n) is 4.11. The molecule has 0 bridgehead atoms. The summed E-state index contributed by atoms with van der Waals surface area (Å²) in [6.07, 6.45) is 5.73. The number of benzene rings is 3. The summed E-state index contributed by atoms with van der Waals surface area (Å²) in [5.74, 6) is 0. The largest absolute Gasteiger partial charge is 0.334 e. The molecule has 5 nitrogen and oxygen atoms in total. The molecule has 0 atom stereocenters. The van der Waals surface area contributed by atoms with E-state index in [0.717, 1.165) is 30.9 Å². The van der Waals surface area contributed by atoms with E-state index in [0.29, 0.717) is 6.54 Å². The quantitative estimate of drug-likeness (QED) is 0.234. The number of amides is 2. The summed E-state index contributed by atoms with van der Waals surface area (Å²) in [4.78, 5) is 18.8. The van der Waals surface area contributed by atoms with Crippen molar-refractivity contribution in [2.75, 3.05) is 11.9 Å². The predicted octanol–water partition coefficient (Wildman–Crippen LogP) is 7.04. The zero-order valence-corrected chi connectivity index (χ0v) is 21.5. The maximum Gasteiger partial charge on any atom is 0.319 e. The van der Waals surface area contributed by atoms with Gasteiger partial charge in [0, 0.05) is 44.3 Å². The monoisotopic (exact) mass is 490 g/mol. The van der Waals surface area contributed by atoms with Crippen molar-refractivity contribution in [3.8, 4) is 11.1 Å². The first-order valence-corrected chi connectivity index (χ1v) is 12.6. The van der Waals surface area contributed by atoms with Crippen LogP contribution in [0.3, 0.4) is 0 Å². The maximum atomic E-state index is 12.3. The van der Waals surface area contributed by atoms with Crippen LogP contribution in [0, 0.1) is 0 Å². The number of urea groups is 1. The number of hydrogen-bond acceptors (Lipinski definition) is 3. The van der Waals surface area contributed by atoms with Gasteiger partial charge in [-0.1, -0.05) is 84.4 Å². The van der Waals surface area contributed by atoms with Gasteiger partial charge >= 0.3 is 6.03 Å². The van der Waals surface area contributed by atoms with Crippen LogP contribution in [0.4, 0.5) is 10.5 Å². The first-order chi connectivity index (χ1) is 18.1. The Morgan fingerprint density at radius 1 is 0.838 bits per heavy atom. The molecule has 3 aromatic carbocycles. The number of carbonyl (C=O) groups is 1. The van der Waals surface area contributed by atoms with Crippen LogP contribution in [0.15, 0.2) is 115 Å². The molecule has 0 fully saturated rings. The molecule has 5 heteroatoms. The summed E-state index contributed by atoms with van der Waals surface area (Å²) >= 11 is 0. The van der Waals surface area contributed by atoms with Gasteiger partial charge in [-0.05, 0) is 59.9 Å². The van der Waals surface area contributed by atoms with E-state index in [1.54, 1.807) is 12.4 Å². The van der Waals surface area contributed by atoms with Crippen LogP contribution < -0.4 is 10.6 Å². The molecular formula is C32H34N4O. The molecule has 0 aliphatic rings. The highest BCUT2D eigenvalue weighted by molar-refractivity contribution is 5.89. The first kappa shape index (κ1) is 25.9. The smallest absolute Gasteiger partial charge is 0.319 e. The lowest BCUT2D eigenvalue weighted by Crippen LogP contribution is -2.28. The lowest BCUT2D eigenvalue weighted by Gasteiger charge is -2.23. The fraction of sp³-hybridized carbons (Fsp3) is 0.188. The topological polar surface area (TPSA) is 57.3 Å². The van der Waals surface area contributed by atoms with Gasteiger partial charge in [-0.2, -0.15) is 0 Å². The van der Waals surface area contributed by atoms with E-state index in [9.17, 15) is 4.79 Å². The summed E-state index contributed by atoms with van der Waals surface area (Å²) in [6.45, 7) is 7.21. The molecule has 0 saturated heterocycles. The highest BCUT2D eigenvalue weighted by Gasteiger charge is 2.11. The first-order valence-electron chi connectivity index (χ1n) is 12.6. The number of aromatic nitrogens is 1. The van der Waals surface area contributed by atoms with E-state index in [1.807, 2.05) is 24.3 Å². The Morgan fingerprint density at radius 2 is 1.59 bits per heavy atom. The van der Waals surface area contributed by atoms with Crippen molar-refractivity contribution in [1.29, 1.82) is 0 Å². The van der Waals surface area contributed by atoms with Gasteiger partial charge in [-0.15, -0.1) is 0 Å². The van der Waals surface area contributed by atoms with Crippen LogP contribution in [-0.4, -0.2) is 22.5 Å². The molecule has 0 radical (unpaired) electrons. The second kappa shape index (κ2) is 13.2. The molecule has 0 saturated carbocycles. The SMILES string of the molecule is CC(C)=CCN(Cc1ccc(NC(=O)NCc2cccnc2)cc1)Cc1ccccc1-c1ccccc1. The molecule has 37 heavy (non-hydrogen) atoms. The van der Waals surface area contributed by atoms with E-state index in [4.69, 9.17) is 0 Å². The minimum absolute atomic E-state index is 0.237. The summed E-state index contributed by atoms with van der Waals surface area (Å²) < 4.78 is 0. The van der Waals surface area contributed by atoms with Crippen LogP contribution in [0.2, 0.25) is 0 Å². The Labute approximate surface area is 219 Å². The van der Waals surface area contributed by atoms with Crippen molar-refractivity contribution in [3.05, 3.63) is 132 Å². The molecule has 4 rings (SSSR count). The highest BCUT2D eigenvalue weighted by Crippen LogP contribution is 2.25. The zero-order valence-electron chi connectivity index (χ0n) is 21.5. The van der Waals surface area contributed by atoms with E-state index in [-0.39, 0.29) is 6.03 Å². The van der Waals surface area contributed by atoms with Crippen molar-refractivity contribution in [2.45, 2.75) is 33.5 Å². The Morgan fingerprint density at radius 3 is 2.32 bits per heavy atom. The molecule has 2 N–H and O–H groups in total. The molecule has 0 aliphatic carbocycles. The number of pyridine rings is 1. The third-order valence-corrected chi connectivity index (χ3v) is 6.05. The van der Waals surface area contributed by atoms with Crippen LogP contribution in [0.5, 0.6) is 0 Å². The standard InChI is InChI=1S/C32H34N4O/c1-25(2)18-20-36(24-29-12-6-7-13-31(29)28-10-4-3-5-11-28)23-26-14-16-30(17-15-26)35-32(37)34-22-27-9-8-19-33-21-27/h3-19,21H,20,22-24H2,1-2H3,(H2,34,35,37). The van der Waals surface area contributed by atoms with Crippen LogP contribution >= 0.6 is 0 Å². The van der Waals surface area contributed by atoms with Gasteiger partial charge < -0.3 is 10.6 Å². The summed E-state index contributed by atoms with van der Waals surface area (Å²) in [7, 11) is 0. The summed E-state index contributed by atoms with van der Waals surface area (Å²) in [6, 6.07) is 30.8. The maximum absolute atomic E-state index is 12.3. The Bertz CT molecular complexity index is 1300.